The molecule has 2 N–H and O–H groups in total. The first kappa shape index (κ1) is 18.2. The molecule has 3 aromatic rings. The molecule has 0 saturated carbocycles. The highest BCUT2D eigenvalue weighted by atomic mass is 16.1. The zero-order valence-electron chi connectivity index (χ0n) is 16.6. The van der Waals surface area contributed by atoms with E-state index in [1.165, 1.54) is 22.1 Å². The van der Waals surface area contributed by atoms with Crippen molar-refractivity contribution in [3.8, 4) is 0 Å². The van der Waals surface area contributed by atoms with Crippen molar-refractivity contribution in [3.05, 3.63) is 51.5 Å². The van der Waals surface area contributed by atoms with Gasteiger partial charge in [0.05, 0.1) is 12.1 Å². The van der Waals surface area contributed by atoms with Crippen molar-refractivity contribution in [1.29, 1.82) is 0 Å². The topological polar surface area (TPSA) is 62.7 Å². The number of aromatic amines is 1. The number of nitrogens with one attached hydrogen (secondary N) is 2. The first-order valence-electron chi connectivity index (χ1n) is 9.12. The number of aromatic nitrogens is 3. The minimum absolute atomic E-state index is 0.0640. The monoisotopic (exact) mass is 352 g/mol. The summed E-state index contributed by atoms with van der Waals surface area (Å²) in [6.45, 7) is 11.0. The van der Waals surface area contributed by atoms with Crippen molar-refractivity contribution < 1.29 is 4.79 Å². The Morgan fingerprint density at radius 2 is 1.81 bits per heavy atom. The van der Waals surface area contributed by atoms with E-state index < -0.39 is 0 Å². The van der Waals surface area contributed by atoms with Crippen LogP contribution in [0.1, 0.15) is 39.3 Å². The van der Waals surface area contributed by atoms with E-state index in [0.29, 0.717) is 13.0 Å². The van der Waals surface area contributed by atoms with Crippen LogP contribution in [-0.4, -0.2) is 27.2 Å². The van der Waals surface area contributed by atoms with Crippen LogP contribution in [0.2, 0.25) is 0 Å². The molecule has 0 radical (unpaired) electrons. The molecular weight excluding hydrogens is 324 g/mol. The maximum atomic E-state index is 12.5. The summed E-state index contributed by atoms with van der Waals surface area (Å²) in [6, 6.07) is 4.25. The second-order valence-electron chi connectivity index (χ2n) is 7.23. The van der Waals surface area contributed by atoms with Gasteiger partial charge in [-0.05, 0) is 63.3 Å². The summed E-state index contributed by atoms with van der Waals surface area (Å²) >= 11 is 0. The molecule has 2 heterocycles. The molecule has 0 aliphatic carbocycles. The highest BCUT2D eigenvalue weighted by molar-refractivity contribution is 5.93. The van der Waals surface area contributed by atoms with Crippen LogP contribution >= 0.6 is 0 Å². The quantitative estimate of drug-likeness (QED) is 0.740. The molecule has 0 aliphatic heterocycles. The Balaban J connectivity index is 1.70. The number of amides is 1. The fraction of sp³-hybridized carbons (Fsp3) is 0.429. The van der Waals surface area contributed by atoms with Gasteiger partial charge >= 0.3 is 0 Å². The van der Waals surface area contributed by atoms with Gasteiger partial charge in [0.15, 0.2) is 0 Å². The van der Waals surface area contributed by atoms with E-state index in [9.17, 15) is 4.79 Å². The molecule has 0 unspecified atom stereocenters. The van der Waals surface area contributed by atoms with E-state index in [4.69, 9.17) is 0 Å². The van der Waals surface area contributed by atoms with Gasteiger partial charge in [-0.15, -0.1) is 0 Å². The van der Waals surface area contributed by atoms with Crippen molar-refractivity contribution in [3.63, 3.8) is 0 Å². The van der Waals surface area contributed by atoms with Gasteiger partial charge in [0.2, 0.25) is 5.91 Å². The van der Waals surface area contributed by atoms with E-state index in [1.807, 2.05) is 25.6 Å². The van der Waals surface area contributed by atoms with Crippen LogP contribution in [0.25, 0.3) is 10.9 Å². The molecule has 3 rings (SSSR count). The van der Waals surface area contributed by atoms with Gasteiger partial charge in [-0.3, -0.25) is 9.48 Å². The van der Waals surface area contributed by atoms with Gasteiger partial charge < -0.3 is 10.3 Å². The second-order valence-corrected chi connectivity index (χ2v) is 7.23. The summed E-state index contributed by atoms with van der Waals surface area (Å²) in [5.74, 6) is 0.0640. The van der Waals surface area contributed by atoms with Crippen molar-refractivity contribution >= 4 is 16.8 Å². The number of rotatable bonds is 5. The molecule has 26 heavy (non-hydrogen) atoms. The molecule has 5 nitrogen and oxygen atoms in total. The van der Waals surface area contributed by atoms with Gasteiger partial charge in [-0.2, -0.15) is 5.10 Å². The number of H-pyrrole nitrogens is 1. The number of fused-ring (bicyclic) bond motifs is 1. The van der Waals surface area contributed by atoms with Gasteiger partial charge in [0, 0.05) is 35.9 Å². The summed E-state index contributed by atoms with van der Waals surface area (Å²) in [7, 11) is 1.95. The highest BCUT2D eigenvalue weighted by Gasteiger charge is 2.16. The first-order chi connectivity index (χ1) is 12.3. The van der Waals surface area contributed by atoms with E-state index in [-0.39, 0.29) is 5.91 Å². The zero-order chi connectivity index (χ0) is 19.0. The molecule has 0 fully saturated rings. The average molecular weight is 352 g/mol. The summed E-state index contributed by atoms with van der Waals surface area (Å²) < 4.78 is 1.90. The summed E-state index contributed by atoms with van der Waals surface area (Å²) in [5, 5.41) is 8.69. The molecule has 5 heteroatoms. The smallest absolute Gasteiger partial charge is 0.224 e. The third-order valence-corrected chi connectivity index (χ3v) is 5.38. The number of hydrogen-bond acceptors (Lipinski definition) is 2. The predicted molar refractivity (Wildman–Crippen MR) is 106 cm³/mol. The molecular formula is C21H28N4O. The number of hydrogen-bond donors (Lipinski definition) is 2. The number of nitrogens with zero attached hydrogens (tertiary/aromatic N) is 2. The minimum Gasteiger partial charge on any atom is -0.358 e. The third kappa shape index (κ3) is 3.26. The lowest BCUT2D eigenvalue weighted by Crippen LogP contribution is -2.27. The van der Waals surface area contributed by atoms with E-state index >= 15 is 0 Å². The first-order valence-corrected chi connectivity index (χ1v) is 9.12. The maximum Gasteiger partial charge on any atom is 0.224 e. The van der Waals surface area contributed by atoms with Crippen LogP contribution in [0.15, 0.2) is 12.1 Å². The van der Waals surface area contributed by atoms with Crippen molar-refractivity contribution in [2.75, 3.05) is 6.54 Å². The summed E-state index contributed by atoms with van der Waals surface area (Å²) in [5.41, 5.74) is 9.17. The average Bonchev–Trinajstić information content (AvgIpc) is 3.03. The second kappa shape index (κ2) is 6.98. The van der Waals surface area contributed by atoms with Crippen LogP contribution in [0.3, 0.4) is 0 Å². The molecule has 0 saturated heterocycles. The predicted octanol–water partition coefficient (Wildman–Crippen LogP) is 3.34. The number of aryl methyl sites for hydroxylation is 5. The Labute approximate surface area is 154 Å². The van der Waals surface area contributed by atoms with Crippen molar-refractivity contribution in [1.82, 2.24) is 20.1 Å². The largest absolute Gasteiger partial charge is 0.358 e. The molecule has 2 aromatic heterocycles. The van der Waals surface area contributed by atoms with E-state index in [2.05, 4.69) is 48.3 Å². The Morgan fingerprint density at radius 1 is 1.12 bits per heavy atom. The van der Waals surface area contributed by atoms with E-state index in [1.54, 1.807) is 0 Å². The minimum atomic E-state index is 0.0640. The van der Waals surface area contributed by atoms with Crippen LogP contribution in [0.5, 0.6) is 0 Å². The third-order valence-electron chi connectivity index (χ3n) is 5.38. The Bertz CT molecular complexity index is 978. The van der Waals surface area contributed by atoms with Crippen LogP contribution in [-0.2, 0) is 24.7 Å². The SMILES string of the molecule is Cc1nn(C)c(C)c1CCNC(=O)Cc1c(C)[nH]c2c(C)ccc(C)c12. The zero-order valence-corrected chi connectivity index (χ0v) is 16.6. The van der Waals surface area contributed by atoms with Crippen LogP contribution in [0, 0.1) is 34.6 Å². The molecule has 138 valence electrons. The summed E-state index contributed by atoms with van der Waals surface area (Å²) in [6.07, 6.45) is 1.21. The van der Waals surface area contributed by atoms with Gasteiger partial charge in [0.25, 0.3) is 0 Å². The standard InChI is InChI=1S/C21H28N4O/c1-12-7-8-13(2)21-20(12)18(14(3)23-21)11-19(26)22-10-9-17-15(4)24-25(6)16(17)5/h7-8,23H,9-11H2,1-6H3,(H,22,26). The number of carbonyl (C=O) groups excluding carboxylic acids is 1. The lowest BCUT2D eigenvalue weighted by molar-refractivity contribution is -0.120. The molecule has 0 aliphatic rings. The fourth-order valence-electron chi connectivity index (χ4n) is 3.76. The molecule has 1 aromatic carbocycles. The number of benzene rings is 1. The number of carbonyl (C=O) groups is 1. The van der Waals surface area contributed by atoms with E-state index in [0.717, 1.165) is 34.6 Å². The van der Waals surface area contributed by atoms with Gasteiger partial charge in [0.1, 0.15) is 0 Å². The molecule has 0 atom stereocenters. The van der Waals surface area contributed by atoms with Crippen molar-refractivity contribution in [2.24, 2.45) is 7.05 Å². The molecule has 1 amide bonds. The highest BCUT2D eigenvalue weighted by Crippen LogP contribution is 2.28. The van der Waals surface area contributed by atoms with Crippen molar-refractivity contribution in [2.45, 2.75) is 47.5 Å². The summed E-state index contributed by atoms with van der Waals surface area (Å²) in [4.78, 5) is 16.0. The van der Waals surface area contributed by atoms with Crippen LogP contribution in [0.4, 0.5) is 0 Å². The Morgan fingerprint density at radius 3 is 2.46 bits per heavy atom. The maximum absolute atomic E-state index is 12.5. The van der Waals surface area contributed by atoms with Crippen LogP contribution < -0.4 is 5.32 Å². The Hall–Kier alpha value is -2.56. The molecule has 0 bridgehead atoms. The fourth-order valence-corrected chi connectivity index (χ4v) is 3.76. The van der Waals surface area contributed by atoms with Gasteiger partial charge in [-0.1, -0.05) is 12.1 Å². The Kier molecular flexibility index (Phi) is 4.90. The molecule has 0 spiro atoms. The lowest BCUT2D eigenvalue weighted by Gasteiger charge is -2.08. The lowest BCUT2D eigenvalue weighted by atomic mass is 10.0. The van der Waals surface area contributed by atoms with Gasteiger partial charge in [-0.25, -0.2) is 0 Å². The normalized spacial score (nSPS) is 11.3.